The van der Waals surface area contributed by atoms with E-state index in [1.165, 1.54) is 18.5 Å². The lowest BCUT2D eigenvalue weighted by Crippen LogP contribution is -1.98. The van der Waals surface area contributed by atoms with Crippen molar-refractivity contribution in [1.82, 2.24) is 0 Å². The second kappa shape index (κ2) is 3.51. The van der Waals surface area contributed by atoms with E-state index in [1.807, 2.05) is 0 Å². The minimum atomic E-state index is -2.47. The molecule has 5 heteroatoms. The SMILES string of the molecule is COP(=O)(CN)SC. The van der Waals surface area contributed by atoms with Gasteiger partial charge < -0.3 is 10.3 Å². The minimum absolute atomic E-state index is 0.116. The maximum atomic E-state index is 10.9. The Hall–Kier alpha value is 0.500. The van der Waals surface area contributed by atoms with Gasteiger partial charge in [-0.3, -0.25) is 4.57 Å². The topological polar surface area (TPSA) is 52.3 Å². The van der Waals surface area contributed by atoms with Gasteiger partial charge in [0.15, 0.2) is 0 Å². The van der Waals surface area contributed by atoms with Crippen LogP contribution in [0, 0.1) is 0 Å². The van der Waals surface area contributed by atoms with Crippen LogP contribution in [0.3, 0.4) is 0 Å². The van der Waals surface area contributed by atoms with Crippen LogP contribution in [0.4, 0.5) is 0 Å². The molecule has 0 aromatic rings. The second-order valence-corrected chi connectivity index (χ2v) is 6.24. The predicted octanol–water partition coefficient (Wildman–Crippen LogP) is 1.11. The van der Waals surface area contributed by atoms with Crippen molar-refractivity contribution in [3.8, 4) is 0 Å². The van der Waals surface area contributed by atoms with Crippen molar-refractivity contribution in [2.45, 2.75) is 0 Å². The number of hydrogen-bond acceptors (Lipinski definition) is 4. The second-order valence-electron chi connectivity index (χ2n) is 1.16. The summed E-state index contributed by atoms with van der Waals surface area (Å²) < 4.78 is 15.6. The largest absolute Gasteiger partial charge is 0.324 e. The Bertz CT molecular complexity index is 88.4. The van der Waals surface area contributed by atoms with E-state index in [2.05, 4.69) is 4.52 Å². The van der Waals surface area contributed by atoms with Crippen LogP contribution < -0.4 is 5.73 Å². The van der Waals surface area contributed by atoms with E-state index in [0.717, 1.165) is 0 Å². The molecule has 0 aromatic carbocycles. The number of rotatable bonds is 3. The molecule has 0 aliphatic carbocycles. The Balaban J connectivity index is 3.79. The summed E-state index contributed by atoms with van der Waals surface area (Å²) in [7, 11) is 1.41. The Morgan fingerprint density at radius 1 is 1.88 bits per heavy atom. The van der Waals surface area contributed by atoms with Gasteiger partial charge >= 0.3 is 0 Å². The highest BCUT2D eigenvalue weighted by atomic mass is 32.7. The first-order valence-corrected chi connectivity index (χ1v) is 5.73. The number of hydrogen-bond donors (Lipinski definition) is 1. The molecule has 0 aliphatic heterocycles. The Labute approximate surface area is 53.2 Å². The summed E-state index contributed by atoms with van der Waals surface area (Å²) in [5, 5.41) is 0. The Morgan fingerprint density at radius 3 is 2.38 bits per heavy atom. The molecule has 0 saturated heterocycles. The van der Waals surface area contributed by atoms with Crippen LogP contribution in [0.2, 0.25) is 0 Å². The van der Waals surface area contributed by atoms with Crippen molar-refractivity contribution in [3.63, 3.8) is 0 Å². The summed E-state index contributed by atoms with van der Waals surface area (Å²) in [4.78, 5) is 0. The lowest BCUT2D eigenvalue weighted by Gasteiger charge is -2.08. The maximum absolute atomic E-state index is 10.9. The molecule has 3 nitrogen and oxygen atoms in total. The van der Waals surface area contributed by atoms with Gasteiger partial charge in [-0.2, -0.15) is 0 Å². The van der Waals surface area contributed by atoms with Gasteiger partial charge in [0.05, 0.1) is 6.29 Å². The van der Waals surface area contributed by atoms with E-state index in [1.54, 1.807) is 6.26 Å². The molecule has 0 heterocycles. The zero-order chi connectivity index (χ0) is 6.62. The molecule has 0 aromatic heterocycles. The Kier molecular flexibility index (Phi) is 3.73. The fourth-order valence-corrected chi connectivity index (χ4v) is 1.57. The average Bonchev–Trinajstić information content (AvgIpc) is 1.87. The molecule has 0 spiro atoms. The van der Waals surface area contributed by atoms with Crippen molar-refractivity contribution in [1.29, 1.82) is 0 Å². The molecule has 2 N–H and O–H groups in total. The van der Waals surface area contributed by atoms with E-state index < -0.39 is 6.57 Å². The van der Waals surface area contributed by atoms with Crippen LogP contribution in [0.5, 0.6) is 0 Å². The summed E-state index contributed by atoms with van der Waals surface area (Å²) in [6, 6.07) is 0. The van der Waals surface area contributed by atoms with Crippen molar-refractivity contribution >= 4 is 18.0 Å². The average molecular weight is 155 g/mol. The normalized spacial score (nSPS) is 17.9. The summed E-state index contributed by atoms with van der Waals surface area (Å²) in [5.41, 5.74) is 5.12. The van der Waals surface area contributed by atoms with Crippen molar-refractivity contribution in [2.75, 3.05) is 19.7 Å². The van der Waals surface area contributed by atoms with Crippen molar-refractivity contribution in [3.05, 3.63) is 0 Å². The van der Waals surface area contributed by atoms with Gasteiger partial charge in [-0.15, -0.1) is 0 Å². The molecule has 0 amide bonds. The Morgan fingerprint density at radius 2 is 2.38 bits per heavy atom. The van der Waals surface area contributed by atoms with Crippen molar-refractivity contribution in [2.24, 2.45) is 5.73 Å². The van der Waals surface area contributed by atoms with Crippen LogP contribution in [-0.2, 0) is 9.09 Å². The zero-order valence-electron chi connectivity index (χ0n) is 4.96. The van der Waals surface area contributed by atoms with Gasteiger partial charge in [-0.25, -0.2) is 0 Å². The molecular formula is C3H10NO2PS. The number of nitrogens with two attached hydrogens (primary N) is 1. The summed E-state index contributed by atoms with van der Waals surface area (Å²) in [6.45, 7) is -2.47. The summed E-state index contributed by atoms with van der Waals surface area (Å²) in [6.07, 6.45) is 1.84. The molecule has 50 valence electrons. The van der Waals surface area contributed by atoms with Crippen LogP contribution in [0.25, 0.3) is 0 Å². The van der Waals surface area contributed by atoms with E-state index in [9.17, 15) is 4.57 Å². The molecule has 0 bridgehead atoms. The highest BCUT2D eigenvalue weighted by Crippen LogP contribution is 2.55. The van der Waals surface area contributed by atoms with Crippen LogP contribution in [0.1, 0.15) is 0 Å². The fourth-order valence-electron chi connectivity index (χ4n) is 0.224. The van der Waals surface area contributed by atoms with E-state index in [4.69, 9.17) is 5.73 Å². The van der Waals surface area contributed by atoms with Crippen molar-refractivity contribution < 1.29 is 9.09 Å². The molecule has 0 aliphatic rings. The highest BCUT2D eigenvalue weighted by Gasteiger charge is 2.15. The molecule has 0 radical (unpaired) electrons. The van der Waals surface area contributed by atoms with Gasteiger partial charge in [-0.05, 0) is 6.26 Å². The van der Waals surface area contributed by atoms with Crippen LogP contribution >= 0.6 is 18.0 Å². The molecule has 1 atom stereocenters. The quantitative estimate of drug-likeness (QED) is 0.620. The van der Waals surface area contributed by atoms with Crippen LogP contribution in [-0.4, -0.2) is 19.7 Å². The van der Waals surface area contributed by atoms with E-state index >= 15 is 0 Å². The van der Waals surface area contributed by atoms with E-state index in [0.29, 0.717) is 0 Å². The zero-order valence-corrected chi connectivity index (χ0v) is 6.67. The fraction of sp³-hybridized carbons (Fsp3) is 1.00. The molecule has 0 rings (SSSR count). The molecule has 1 unspecified atom stereocenters. The third-order valence-corrected chi connectivity index (χ3v) is 4.90. The first-order valence-electron chi connectivity index (χ1n) is 2.09. The summed E-state index contributed by atoms with van der Waals surface area (Å²) >= 11 is 1.18. The van der Waals surface area contributed by atoms with Gasteiger partial charge in [0.25, 0.3) is 6.57 Å². The van der Waals surface area contributed by atoms with Gasteiger partial charge in [-0.1, -0.05) is 11.4 Å². The predicted molar refractivity (Wildman–Crippen MR) is 37.2 cm³/mol. The molecular weight excluding hydrogens is 145 g/mol. The minimum Gasteiger partial charge on any atom is -0.324 e. The first-order chi connectivity index (χ1) is 3.68. The third kappa shape index (κ3) is 2.18. The summed E-state index contributed by atoms with van der Waals surface area (Å²) in [5.74, 6) is 0. The van der Waals surface area contributed by atoms with Gasteiger partial charge in [0.2, 0.25) is 0 Å². The molecule has 0 fully saturated rings. The first kappa shape index (κ1) is 8.50. The van der Waals surface area contributed by atoms with Gasteiger partial charge in [0.1, 0.15) is 0 Å². The monoisotopic (exact) mass is 155 g/mol. The highest BCUT2D eigenvalue weighted by molar-refractivity contribution is 8.56. The van der Waals surface area contributed by atoms with E-state index in [-0.39, 0.29) is 6.29 Å². The molecule has 0 saturated carbocycles. The lowest BCUT2D eigenvalue weighted by atomic mass is 11.6. The maximum Gasteiger partial charge on any atom is 0.270 e. The van der Waals surface area contributed by atoms with Gasteiger partial charge in [0, 0.05) is 7.11 Å². The molecule has 8 heavy (non-hydrogen) atoms. The smallest absolute Gasteiger partial charge is 0.270 e. The standard InChI is InChI=1S/C3H10NO2PS/c1-6-7(5,3-4)8-2/h3-4H2,1-2H3. The third-order valence-electron chi connectivity index (χ3n) is 0.780. The lowest BCUT2D eigenvalue weighted by molar-refractivity contribution is 0.410. The van der Waals surface area contributed by atoms with Crippen LogP contribution in [0.15, 0.2) is 0 Å².